The van der Waals surface area contributed by atoms with Crippen molar-refractivity contribution in [2.75, 3.05) is 26.3 Å². The van der Waals surface area contributed by atoms with Crippen LogP contribution in [0.15, 0.2) is 71.5 Å². The summed E-state index contributed by atoms with van der Waals surface area (Å²) in [6.07, 6.45) is 2.02. The highest BCUT2D eigenvalue weighted by atomic mass is 16.5. The number of ether oxygens (including phenoxy) is 2. The van der Waals surface area contributed by atoms with Crippen LogP contribution < -0.4 is 15.2 Å². The lowest BCUT2D eigenvalue weighted by Crippen LogP contribution is -2.47. The van der Waals surface area contributed by atoms with E-state index in [1.54, 1.807) is 0 Å². The molecule has 36 heavy (non-hydrogen) atoms. The van der Waals surface area contributed by atoms with Crippen molar-refractivity contribution >= 4 is 0 Å². The molecule has 0 unspecified atom stereocenters. The lowest BCUT2D eigenvalue weighted by Gasteiger charge is -2.45. The summed E-state index contributed by atoms with van der Waals surface area (Å²) in [5, 5.41) is 30.7. The van der Waals surface area contributed by atoms with Gasteiger partial charge in [-0.25, -0.2) is 0 Å². The van der Waals surface area contributed by atoms with Crippen molar-refractivity contribution in [2.45, 2.75) is 26.3 Å². The largest absolute Gasteiger partial charge is 0.490 e. The van der Waals surface area contributed by atoms with E-state index in [0.29, 0.717) is 44.3 Å². The Morgan fingerprint density at radius 2 is 1.69 bits per heavy atom. The third kappa shape index (κ3) is 4.29. The van der Waals surface area contributed by atoms with Crippen molar-refractivity contribution in [3.05, 3.63) is 82.6 Å². The average Bonchev–Trinajstić information content (AvgIpc) is 2.90. The van der Waals surface area contributed by atoms with E-state index in [9.17, 15) is 15.8 Å². The van der Waals surface area contributed by atoms with E-state index >= 15 is 0 Å². The molecule has 2 aromatic carbocycles. The normalized spacial score (nSPS) is 20.8. The molecule has 1 heterocycles. The van der Waals surface area contributed by atoms with Gasteiger partial charge in [-0.1, -0.05) is 42.5 Å². The molecule has 2 atom stereocenters. The zero-order valence-corrected chi connectivity index (χ0v) is 20.6. The van der Waals surface area contributed by atoms with E-state index in [2.05, 4.69) is 35.2 Å². The number of nitrogens with two attached hydrogens (primary N) is 1. The molecule has 2 aromatic rings. The summed E-state index contributed by atoms with van der Waals surface area (Å²) in [5.74, 6) is 0.281. The molecule has 2 N–H and O–H groups in total. The van der Waals surface area contributed by atoms with Crippen LogP contribution in [0.3, 0.4) is 0 Å². The van der Waals surface area contributed by atoms with Crippen molar-refractivity contribution in [2.24, 2.45) is 17.1 Å². The quantitative estimate of drug-likeness (QED) is 0.625. The van der Waals surface area contributed by atoms with E-state index < -0.39 is 11.3 Å². The van der Waals surface area contributed by atoms with Crippen molar-refractivity contribution in [3.8, 4) is 29.7 Å². The maximum atomic E-state index is 10.4. The van der Waals surface area contributed by atoms with Crippen LogP contribution in [-0.4, -0.2) is 31.2 Å². The van der Waals surface area contributed by atoms with Crippen molar-refractivity contribution in [1.82, 2.24) is 4.90 Å². The molecule has 1 aliphatic heterocycles. The molecule has 7 nitrogen and oxygen atoms in total. The molecule has 182 valence electrons. The Bertz CT molecular complexity index is 1300. The number of nitrogens with zero attached hydrogens (tertiary/aromatic N) is 4. The molecule has 1 aliphatic carbocycles. The van der Waals surface area contributed by atoms with Gasteiger partial charge in [0.25, 0.3) is 0 Å². The molecule has 7 heteroatoms. The highest BCUT2D eigenvalue weighted by Crippen LogP contribution is 2.55. The Balaban J connectivity index is 1.86. The van der Waals surface area contributed by atoms with Crippen LogP contribution in [-0.2, 0) is 6.54 Å². The number of fused-ring (bicyclic) bond motifs is 1. The topological polar surface area (TPSA) is 119 Å². The van der Waals surface area contributed by atoms with E-state index in [1.165, 1.54) is 5.56 Å². The fourth-order valence-electron chi connectivity index (χ4n) is 5.35. The zero-order chi connectivity index (χ0) is 25.7. The van der Waals surface area contributed by atoms with E-state index in [1.807, 2.05) is 56.3 Å². The first kappa shape index (κ1) is 24.9. The fourth-order valence-corrected chi connectivity index (χ4v) is 5.35. The van der Waals surface area contributed by atoms with Gasteiger partial charge in [-0.2, -0.15) is 15.8 Å². The summed E-state index contributed by atoms with van der Waals surface area (Å²) < 4.78 is 11.6. The summed E-state index contributed by atoms with van der Waals surface area (Å²) in [7, 11) is 0. The standard InChI is InChI=1S/C29H29N5O2/c1-3-35-25-11-10-21(14-26(25)36-4-2)27-24-17-34(16-20-8-6-5-7-9-20)13-12-22(24)23(15-30)28(33)29(27,18-31)19-32/h5-12,14,24,27H,3-4,13,16-17,33H2,1-2H3/t24-,27+/m1/s1. The number of hydrogen-bond acceptors (Lipinski definition) is 7. The van der Waals surface area contributed by atoms with Gasteiger partial charge in [-0.3, -0.25) is 4.90 Å². The molecule has 2 aliphatic rings. The molecule has 0 bridgehead atoms. The number of allylic oxidation sites excluding steroid dienone is 2. The van der Waals surface area contributed by atoms with Gasteiger partial charge < -0.3 is 15.2 Å². The Hall–Kier alpha value is -4.25. The van der Waals surface area contributed by atoms with Crippen LogP contribution in [0.2, 0.25) is 0 Å². The molecule has 0 radical (unpaired) electrons. The first-order valence-electron chi connectivity index (χ1n) is 12.1. The van der Waals surface area contributed by atoms with Crippen molar-refractivity contribution in [1.29, 1.82) is 15.8 Å². The highest BCUT2D eigenvalue weighted by molar-refractivity contribution is 5.60. The number of benzene rings is 2. The lowest BCUT2D eigenvalue weighted by molar-refractivity contribution is 0.200. The fraction of sp³-hybridized carbons (Fsp3) is 0.345. The van der Waals surface area contributed by atoms with Crippen LogP contribution in [0.5, 0.6) is 11.5 Å². The molecule has 0 fully saturated rings. The maximum Gasteiger partial charge on any atom is 0.191 e. The Kier molecular flexibility index (Phi) is 7.30. The summed E-state index contributed by atoms with van der Waals surface area (Å²) >= 11 is 0. The third-order valence-corrected chi connectivity index (χ3v) is 6.92. The SMILES string of the molecule is CCOc1ccc([C@H]2[C@@H]3CN(Cc4ccccc4)CC=C3C(C#N)=C(N)C2(C#N)C#N)cc1OCC. The van der Waals surface area contributed by atoms with Gasteiger partial charge in [0.05, 0.1) is 36.6 Å². The summed E-state index contributed by atoms with van der Waals surface area (Å²) in [5.41, 5.74) is 7.75. The second-order valence-electron chi connectivity index (χ2n) is 8.93. The Morgan fingerprint density at radius 3 is 2.33 bits per heavy atom. The minimum atomic E-state index is -1.69. The number of nitriles is 3. The van der Waals surface area contributed by atoms with Crippen molar-refractivity contribution < 1.29 is 9.47 Å². The van der Waals surface area contributed by atoms with Gasteiger partial charge in [-0.15, -0.1) is 0 Å². The smallest absolute Gasteiger partial charge is 0.191 e. The molecule has 0 amide bonds. The molecular weight excluding hydrogens is 450 g/mol. The van der Waals surface area contributed by atoms with Gasteiger partial charge >= 0.3 is 0 Å². The van der Waals surface area contributed by atoms with E-state index in [4.69, 9.17) is 15.2 Å². The monoisotopic (exact) mass is 479 g/mol. The van der Waals surface area contributed by atoms with Gasteiger partial charge in [0.15, 0.2) is 16.9 Å². The highest BCUT2D eigenvalue weighted by Gasteiger charge is 2.54. The van der Waals surface area contributed by atoms with Crippen LogP contribution >= 0.6 is 0 Å². The van der Waals surface area contributed by atoms with Crippen molar-refractivity contribution in [3.63, 3.8) is 0 Å². The number of rotatable bonds is 7. The van der Waals surface area contributed by atoms with Gasteiger partial charge in [0.2, 0.25) is 0 Å². The Labute approximate surface area is 212 Å². The van der Waals surface area contributed by atoms with Gasteiger partial charge in [0, 0.05) is 31.5 Å². The van der Waals surface area contributed by atoms with Crippen LogP contribution in [0, 0.1) is 45.3 Å². The minimum Gasteiger partial charge on any atom is -0.490 e. The summed E-state index contributed by atoms with van der Waals surface area (Å²) in [6.45, 7) is 6.65. The molecule has 0 spiro atoms. The predicted octanol–water partition coefficient (Wildman–Crippen LogP) is 4.41. The third-order valence-electron chi connectivity index (χ3n) is 6.92. The first-order chi connectivity index (χ1) is 17.5. The zero-order valence-electron chi connectivity index (χ0n) is 20.6. The van der Waals surface area contributed by atoms with Crippen LogP contribution in [0.25, 0.3) is 0 Å². The molecule has 0 saturated carbocycles. The summed E-state index contributed by atoms with van der Waals surface area (Å²) in [6, 6.07) is 22.3. The van der Waals surface area contributed by atoms with Crippen LogP contribution in [0.4, 0.5) is 0 Å². The van der Waals surface area contributed by atoms with Crippen LogP contribution in [0.1, 0.15) is 30.9 Å². The van der Waals surface area contributed by atoms with E-state index in [0.717, 1.165) is 11.1 Å². The predicted molar refractivity (Wildman–Crippen MR) is 135 cm³/mol. The van der Waals surface area contributed by atoms with Gasteiger partial charge in [-0.05, 0) is 42.7 Å². The first-order valence-corrected chi connectivity index (χ1v) is 12.1. The lowest BCUT2D eigenvalue weighted by atomic mass is 9.58. The number of hydrogen-bond donors (Lipinski definition) is 1. The molecule has 0 saturated heterocycles. The Morgan fingerprint density at radius 1 is 1.00 bits per heavy atom. The molecular formula is C29H29N5O2. The molecule has 0 aromatic heterocycles. The maximum absolute atomic E-state index is 10.4. The van der Waals surface area contributed by atoms with E-state index in [-0.39, 0.29) is 17.2 Å². The molecule has 4 rings (SSSR count). The minimum absolute atomic E-state index is 0.0193. The second-order valence-corrected chi connectivity index (χ2v) is 8.93. The van der Waals surface area contributed by atoms with Gasteiger partial charge in [0.1, 0.15) is 6.07 Å². The average molecular weight is 480 g/mol. The summed E-state index contributed by atoms with van der Waals surface area (Å²) in [4.78, 5) is 2.27. The second kappa shape index (κ2) is 10.6.